The number of piperidine rings is 1. The molecule has 0 aliphatic carbocycles. The van der Waals surface area contributed by atoms with Crippen LogP contribution in [0.3, 0.4) is 0 Å². The molecule has 2 heterocycles. The molecule has 3 amide bonds. The molecule has 0 aromatic carbocycles. The highest BCUT2D eigenvalue weighted by Crippen LogP contribution is 2.29. The molecule has 2 saturated heterocycles. The van der Waals surface area contributed by atoms with Gasteiger partial charge in [-0.1, -0.05) is 0 Å². The highest BCUT2D eigenvalue weighted by atomic mass is 16.2. The van der Waals surface area contributed by atoms with Gasteiger partial charge >= 0.3 is 6.03 Å². The second kappa shape index (κ2) is 7.75. The molecule has 0 bridgehead atoms. The van der Waals surface area contributed by atoms with Crippen LogP contribution in [0.1, 0.15) is 39.5 Å². The number of likely N-dealkylation sites (tertiary alicyclic amines) is 1. The second-order valence-corrected chi connectivity index (χ2v) is 6.08. The summed E-state index contributed by atoms with van der Waals surface area (Å²) < 4.78 is 0. The van der Waals surface area contributed by atoms with E-state index in [0.717, 1.165) is 32.5 Å². The molecule has 0 saturated carbocycles. The second-order valence-electron chi connectivity index (χ2n) is 6.08. The number of hydrogen-bond acceptors (Lipinski definition) is 4. The van der Waals surface area contributed by atoms with Crippen LogP contribution in [-0.4, -0.2) is 55.1 Å². The van der Waals surface area contributed by atoms with Crippen molar-refractivity contribution >= 4 is 11.9 Å². The predicted molar refractivity (Wildman–Crippen MR) is 82.0 cm³/mol. The molecule has 3 N–H and O–H groups in total. The molecule has 21 heavy (non-hydrogen) atoms. The number of carbonyl (C=O) groups is 2. The van der Waals surface area contributed by atoms with Crippen molar-refractivity contribution in [2.45, 2.75) is 51.6 Å². The Hall–Kier alpha value is -1.14. The van der Waals surface area contributed by atoms with Gasteiger partial charge in [0.15, 0.2) is 0 Å². The van der Waals surface area contributed by atoms with Gasteiger partial charge in [0.2, 0.25) is 5.91 Å². The topological polar surface area (TPSA) is 73.5 Å². The molecule has 6 heteroatoms. The maximum atomic E-state index is 12.2. The number of hydrogen-bond donors (Lipinski definition) is 3. The lowest BCUT2D eigenvalue weighted by Crippen LogP contribution is -2.53. The van der Waals surface area contributed by atoms with E-state index in [0.29, 0.717) is 18.5 Å². The van der Waals surface area contributed by atoms with E-state index in [1.54, 1.807) is 0 Å². The van der Waals surface area contributed by atoms with E-state index >= 15 is 0 Å². The Bertz CT molecular complexity index is 369. The van der Waals surface area contributed by atoms with E-state index in [-0.39, 0.29) is 11.9 Å². The first kappa shape index (κ1) is 16.2. The minimum atomic E-state index is -0.399. The van der Waals surface area contributed by atoms with Crippen LogP contribution in [0.15, 0.2) is 0 Å². The number of urea groups is 1. The van der Waals surface area contributed by atoms with E-state index < -0.39 is 6.03 Å². The summed E-state index contributed by atoms with van der Waals surface area (Å²) in [6.45, 7) is 7.37. The summed E-state index contributed by atoms with van der Waals surface area (Å²) in [5.41, 5.74) is 0. The van der Waals surface area contributed by atoms with E-state index in [1.807, 2.05) is 13.8 Å². The minimum Gasteiger partial charge on any atom is -0.338 e. The van der Waals surface area contributed by atoms with Gasteiger partial charge in [-0.05, 0) is 65.1 Å². The zero-order chi connectivity index (χ0) is 15.2. The maximum absolute atomic E-state index is 12.2. The van der Waals surface area contributed by atoms with Gasteiger partial charge in [0.1, 0.15) is 0 Å². The average molecular weight is 296 g/mol. The van der Waals surface area contributed by atoms with Crippen LogP contribution >= 0.6 is 0 Å². The van der Waals surface area contributed by atoms with Gasteiger partial charge in [0.05, 0.1) is 6.04 Å². The number of imide groups is 1. The Morgan fingerprint density at radius 1 is 1.33 bits per heavy atom. The average Bonchev–Trinajstić information content (AvgIpc) is 2.96. The van der Waals surface area contributed by atoms with Gasteiger partial charge in [0, 0.05) is 12.6 Å². The summed E-state index contributed by atoms with van der Waals surface area (Å²) in [7, 11) is 0. The number of rotatable bonds is 4. The molecule has 6 nitrogen and oxygen atoms in total. The normalized spacial score (nSPS) is 28.1. The van der Waals surface area contributed by atoms with Crippen LogP contribution in [-0.2, 0) is 4.79 Å². The molecule has 0 aromatic rings. The third-order valence-corrected chi connectivity index (χ3v) is 4.67. The lowest BCUT2D eigenvalue weighted by atomic mass is 9.89. The number of nitrogens with zero attached hydrogens (tertiary/aromatic N) is 1. The quantitative estimate of drug-likeness (QED) is 0.713. The van der Waals surface area contributed by atoms with Crippen LogP contribution in [0, 0.1) is 5.92 Å². The van der Waals surface area contributed by atoms with Crippen LogP contribution < -0.4 is 16.0 Å². The molecule has 2 aliphatic heterocycles. The van der Waals surface area contributed by atoms with Crippen molar-refractivity contribution in [3.8, 4) is 0 Å². The summed E-state index contributed by atoms with van der Waals surface area (Å²) in [5, 5.41) is 8.49. The van der Waals surface area contributed by atoms with Crippen molar-refractivity contribution in [1.82, 2.24) is 20.9 Å². The standard InChI is InChI=1S/C15H28N4O2/c1-3-17-15(21)18-14(20)11(2)19-9-5-7-13(19)12-6-4-8-16-10-12/h11-13,16H,3-10H2,1-2H3,(H2,17,18,20,21). The fraction of sp³-hybridized carbons (Fsp3) is 0.867. The molecule has 120 valence electrons. The van der Waals surface area contributed by atoms with Crippen LogP contribution in [0.5, 0.6) is 0 Å². The summed E-state index contributed by atoms with van der Waals surface area (Å²) in [6.07, 6.45) is 4.75. The van der Waals surface area contributed by atoms with E-state index in [9.17, 15) is 9.59 Å². The SMILES string of the molecule is CCNC(=O)NC(=O)C(C)N1CCCC1C1CCCNC1. The van der Waals surface area contributed by atoms with Crippen molar-refractivity contribution in [2.24, 2.45) is 5.92 Å². The largest absolute Gasteiger partial charge is 0.338 e. The fourth-order valence-electron chi connectivity index (χ4n) is 3.58. The van der Waals surface area contributed by atoms with Gasteiger partial charge < -0.3 is 10.6 Å². The van der Waals surface area contributed by atoms with E-state index in [2.05, 4.69) is 20.9 Å². The lowest BCUT2D eigenvalue weighted by molar-refractivity contribution is -0.125. The number of carbonyl (C=O) groups excluding carboxylic acids is 2. The highest BCUT2D eigenvalue weighted by molar-refractivity contribution is 5.96. The Morgan fingerprint density at radius 2 is 2.14 bits per heavy atom. The maximum Gasteiger partial charge on any atom is 0.321 e. The van der Waals surface area contributed by atoms with E-state index in [4.69, 9.17) is 0 Å². The third kappa shape index (κ3) is 4.17. The Labute approximate surface area is 127 Å². The van der Waals surface area contributed by atoms with Gasteiger partial charge in [-0.2, -0.15) is 0 Å². The first-order valence-corrected chi connectivity index (χ1v) is 8.18. The van der Waals surface area contributed by atoms with Gasteiger partial charge in [-0.3, -0.25) is 15.0 Å². The fourth-order valence-corrected chi connectivity index (χ4v) is 3.58. The van der Waals surface area contributed by atoms with Crippen molar-refractivity contribution in [3.05, 3.63) is 0 Å². The first-order valence-electron chi connectivity index (χ1n) is 8.18. The zero-order valence-electron chi connectivity index (χ0n) is 13.2. The highest BCUT2D eigenvalue weighted by Gasteiger charge is 2.37. The summed E-state index contributed by atoms with van der Waals surface area (Å²) >= 11 is 0. The van der Waals surface area contributed by atoms with Gasteiger partial charge in [0.25, 0.3) is 0 Å². The van der Waals surface area contributed by atoms with Crippen LogP contribution in [0.25, 0.3) is 0 Å². The number of nitrogens with one attached hydrogen (secondary N) is 3. The molecule has 0 spiro atoms. The molecule has 3 atom stereocenters. The number of amides is 3. The molecule has 2 fully saturated rings. The van der Waals surface area contributed by atoms with Crippen molar-refractivity contribution in [3.63, 3.8) is 0 Å². The predicted octanol–water partition coefficient (Wildman–Crippen LogP) is 0.685. The zero-order valence-corrected chi connectivity index (χ0v) is 13.2. The van der Waals surface area contributed by atoms with Gasteiger partial charge in [-0.25, -0.2) is 4.79 Å². The molecule has 0 radical (unpaired) electrons. The van der Waals surface area contributed by atoms with Crippen LogP contribution in [0.2, 0.25) is 0 Å². The minimum absolute atomic E-state index is 0.198. The lowest BCUT2D eigenvalue weighted by Gasteiger charge is -2.37. The molecule has 2 aliphatic rings. The summed E-state index contributed by atoms with van der Waals surface area (Å²) in [6, 6.07) is -0.181. The monoisotopic (exact) mass is 296 g/mol. The molecular weight excluding hydrogens is 268 g/mol. The Balaban J connectivity index is 1.91. The summed E-state index contributed by atoms with van der Waals surface area (Å²) in [5.74, 6) is 0.428. The van der Waals surface area contributed by atoms with E-state index in [1.165, 1.54) is 12.8 Å². The van der Waals surface area contributed by atoms with Crippen molar-refractivity contribution in [1.29, 1.82) is 0 Å². The van der Waals surface area contributed by atoms with Gasteiger partial charge in [-0.15, -0.1) is 0 Å². The Morgan fingerprint density at radius 3 is 2.81 bits per heavy atom. The van der Waals surface area contributed by atoms with Crippen LogP contribution in [0.4, 0.5) is 4.79 Å². The molecule has 3 unspecified atom stereocenters. The van der Waals surface area contributed by atoms with Crippen molar-refractivity contribution < 1.29 is 9.59 Å². The molecule has 0 aromatic heterocycles. The van der Waals surface area contributed by atoms with Crippen molar-refractivity contribution in [2.75, 3.05) is 26.2 Å². The third-order valence-electron chi connectivity index (χ3n) is 4.67. The molecule has 2 rings (SSSR count). The smallest absolute Gasteiger partial charge is 0.321 e. The first-order chi connectivity index (χ1) is 10.1. The Kier molecular flexibility index (Phi) is 5.99. The summed E-state index contributed by atoms with van der Waals surface area (Å²) in [4.78, 5) is 26.0. The molecular formula is C15H28N4O2.